The molecule has 0 aliphatic carbocycles. The van der Waals surface area contributed by atoms with Gasteiger partial charge in [0.2, 0.25) is 5.95 Å². The number of anilines is 2. The first-order chi connectivity index (χ1) is 13.0. The minimum atomic E-state index is -0.580. The third-order valence-electron chi connectivity index (χ3n) is 4.60. The number of para-hydroxylation sites is 1. The van der Waals surface area contributed by atoms with Crippen LogP contribution in [0.15, 0.2) is 66.1 Å². The van der Waals surface area contributed by atoms with E-state index in [9.17, 15) is 9.18 Å². The second kappa shape index (κ2) is 6.68. The number of rotatable bonds is 3. The number of amides is 1. The summed E-state index contributed by atoms with van der Waals surface area (Å²) in [5.74, 6) is -0.136. The quantitative estimate of drug-likeness (QED) is 0.745. The van der Waals surface area contributed by atoms with Crippen molar-refractivity contribution in [3.8, 4) is 0 Å². The van der Waals surface area contributed by atoms with Gasteiger partial charge in [-0.3, -0.25) is 4.79 Å². The van der Waals surface area contributed by atoms with Crippen molar-refractivity contribution in [2.45, 2.75) is 19.9 Å². The molecule has 1 aliphatic heterocycles. The molecule has 136 valence electrons. The van der Waals surface area contributed by atoms with Crippen molar-refractivity contribution in [1.29, 1.82) is 0 Å². The van der Waals surface area contributed by atoms with Gasteiger partial charge in [0.15, 0.2) is 0 Å². The number of allylic oxidation sites excluding steroid dienone is 1. The van der Waals surface area contributed by atoms with Crippen LogP contribution < -0.4 is 10.6 Å². The van der Waals surface area contributed by atoms with Gasteiger partial charge in [-0.15, -0.1) is 0 Å². The number of aryl methyl sites for hydroxylation is 1. The van der Waals surface area contributed by atoms with Gasteiger partial charge in [0.05, 0.1) is 5.57 Å². The number of nitrogens with one attached hydrogen (secondary N) is 2. The van der Waals surface area contributed by atoms with E-state index in [-0.39, 0.29) is 11.7 Å². The number of halogens is 1. The Kier molecular flexibility index (Phi) is 4.19. The summed E-state index contributed by atoms with van der Waals surface area (Å²) in [6.45, 7) is 3.73. The zero-order valence-electron chi connectivity index (χ0n) is 14.9. The minimum Gasteiger partial charge on any atom is -0.328 e. The molecule has 0 unspecified atom stereocenters. The Labute approximate surface area is 155 Å². The van der Waals surface area contributed by atoms with Gasteiger partial charge in [0, 0.05) is 11.4 Å². The first-order valence-corrected chi connectivity index (χ1v) is 8.54. The molecule has 7 heteroatoms. The fraction of sp³-hybridized carbons (Fsp3) is 0.150. The van der Waals surface area contributed by atoms with Crippen molar-refractivity contribution >= 4 is 17.5 Å². The van der Waals surface area contributed by atoms with E-state index in [1.807, 2.05) is 31.2 Å². The third kappa shape index (κ3) is 3.08. The molecule has 1 aliphatic rings. The molecule has 1 amide bonds. The lowest BCUT2D eigenvalue weighted by atomic mass is 9.95. The van der Waals surface area contributed by atoms with Crippen LogP contribution in [-0.2, 0) is 4.79 Å². The van der Waals surface area contributed by atoms with Crippen molar-refractivity contribution in [3.05, 3.63) is 83.1 Å². The van der Waals surface area contributed by atoms with Crippen molar-refractivity contribution in [1.82, 2.24) is 14.8 Å². The standard InChI is InChI=1S/C20H18FN5O/c1-12-6-3-4-9-16(12)25-19(27)17-13(2)24-20-22-11-23-26(20)18(17)14-7-5-8-15(21)10-14/h3-11,18H,1-2H3,(H,25,27)(H,22,23,24)/t18-/m1/s1. The fourth-order valence-electron chi connectivity index (χ4n) is 3.27. The Hall–Kier alpha value is -3.48. The van der Waals surface area contributed by atoms with Crippen LogP contribution in [-0.4, -0.2) is 20.7 Å². The number of benzene rings is 2. The number of carbonyl (C=O) groups excluding carboxylic acids is 1. The fourth-order valence-corrected chi connectivity index (χ4v) is 3.27. The monoisotopic (exact) mass is 363 g/mol. The molecule has 0 fully saturated rings. The molecule has 3 aromatic rings. The third-order valence-corrected chi connectivity index (χ3v) is 4.60. The van der Waals surface area contributed by atoms with Crippen LogP contribution in [0.25, 0.3) is 0 Å². The first kappa shape index (κ1) is 17.0. The second-order valence-electron chi connectivity index (χ2n) is 6.42. The molecular weight excluding hydrogens is 345 g/mol. The van der Waals surface area contributed by atoms with Gasteiger partial charge in [0.25, 0.3) is 5.91 Å². The Bertz CT molecular complexity index is 1060. The predicted octanol–water partition coefficient (Wildman–Crippen LogP) is 3.65. The summed E-state index contributed by atoms with van der Waals surface area (Å²) in [6.07, 6.45) is 1.41. The SMILES string of the molecule is CC1=C(C(=O)Nc2ccccc2C)[C@@H](c2cccc(F)c2)n2ncnc2N1. The maximum absolute atomic E-state index is 13.9. The topological polar surface area (TPSA) is 71.8 Å². The van der Waals surface area contributed by atoms with Crippen LogP contribution in [0.5, 0.6) is 0 Å². The predicted molar refractivity (Wildman–Crippen MR) is 101 cm³/mol. The molecule has 2 aromatic carbocycles. The molecule has 4 rings (SSSR count). The van der Waals surface area contributed by atoms with E-state index >= 15 is 0 Å². The van der Waals surface area contributed by atoms with Gasteiger partial charge in [-0.05, 0) is 43.2 Å². The molecule has 0 spiro atoms. The zero-order valence-corrected chi connectivity index (χ0v) is 14.9. The van der Waals surface area contributed by atoms with Crippen LogP contribution in [0.2, 0.25) is 0 Å². The number of nitrogens with zero attached hydrogens (tertiary/aromatic N) is 3. The van der Waals surface area contributed by atoms with E-state index in [4.69, 9.17) is 0 Å². The van der Waals surface area contributed by atoms with Gasteiger partial charge in [-0.2, -0.15) is 10.1 Å². The summed E-state index contributed by atoms with van der Waals surface area (Å²) in [4.78, 5) is 17.3. The highest BCUT2D eigenvalue weighted by atomic mass is 19.1. The molecule has 27 heavy (non-hydrogen) atoms. The number of carbonyl (C=O) groups is 1. The Morgan fingerprint density at radius 3 is 2.78 bits per heavy atom. The summed E-state index contributed by atoms with van der Waals surface area (Å²) in [5, 5.41) is 10.3. The highest BCUT2D eigenvalue weighted by Crippen LogP contribution is 2.35. The highest BCUT2D eigenvalue weighted by Gasteiger charge is 2.33. The molecule has 0 saturated heterocycles. The summed E-state index contributed by atoms with van der Waals surface area (Å²) in [5.41, 5.74) is 3.41. The van der Waals surface area contributed by atoms with Crippen molar-refractivity contribution < 1.29 is 9.18 Å². The Morgan fingerprint density at radius 2 is 2.00 bits per heavy atom. The average molecular weight is 363 g/mol. The smallest absolute Gasteiger partial charge is 0.255 e. The Morgan fingerprint density at radius 1 is 1.19 bits per heavy atom. The number of fused-ring (bicyclic) bond motifs is 1. The molecule has 6 nitrogen and oxygen atoms in total. The summed E-state index contributed by atoms with van der Waals surface area (Å²) in [7, 11) is 0. The van der Waals surface area contributed by atoms with E-state index in [1.54, 1.807) is 23.7 Å². The minimum absolute atomic E-state index is 0.273. The number of hydrogen-bond donors (Lipinski definition) is 2. The van der Waals surface area contributed by atoms with Gasteiger partial charge < -0.3 is 10.6 Å². The van der Waals surface area contributed by atoms with Gasteiger partial charge in [-0.1, -0.05) is 30.3 Å². The molecule has 2 heterocycles. The van der Waals surface area contributed by atoms with E-state index in [0.717, 1.165) is 11.3 Å². The summed E-state index contributed by atoms with van der Waals surface area (Å²) in [6, 6.07) is 13.1. The maximum Gasteiger partial charge on any atom is 0.255 e. The zero-order chi connectivity index (χ0) is 19.0. The van der Waals surface area contributed by atoms with E-state index < -0.39 is 6.04 Å². The lowest BCUT2D eigenvalue weighted by Gasteiger charge is -2.28. The van der Waals surface area contributed by atoms with Gasteiger partial charge in [-0.25, -0.2) is 9.07 Å². The van der Waals surface area contributed by atoms with Crippen LogP contribution in [0.3, 0.4) is 0 Å². The lowest BCUT2D eigenvalue weighted by Crippen LogP contribution is -2.31. The number of aromatic nitrogens is 3. The molecule has 1 aromatic heterocycles. The molecular formula is C20H18FN5O. The van der Waals surface area contributed by atoms with E-state index in [2.05, 4.69) is 20.7 Å². The molecule has 0 bridgehead atoms. The van der Waals surface area contributed by atoms with Crippen LogP contribution in [0, 0.1) is 12.7 Å². The molecule has 0 radical (unpaired) electrons. The maximum atomic E-state index is 13.9. The highest BCUT2D eigenvalue weighted by molar-refractivity contribution is 6.06. The molecule has 1 atom stereocenters. The van der Waals surface area contributed by atoms with Crippen molar-refractivity contribution in [2.75, 3.05) is 10.6 Å². The summed E-state index contributed by atoms with van der Waals surface area (Å²) >= 11 is 0. The molecule has 0 saturated carbocycles. The van der Waals surface area contributed by atoms with Gasteiger partial charge >= 0.3 is 0 Å². The van der Waals surface area contributed by atoms with Crippen LogP contribution in [0.1, 0.15) is 24.1 Å². The first-order valence-electron chi connectivity index (χ1n) is 8.54. The largest absolute Gasteiger partial charge is 0.328 e. The average Bonchev–Trinajstić information content (AvgIpc) is 3.10. The lowest BCUT2D eigenvalue weighted by molar-refractivity contribution is -0.113. The van der Waals surface area contributed by atoms with Crippen molar-refractivity contribution in [3.63, 3.8) is 0 Å². The van der Waals surface area contributed by atoms with E-state index in [1.165, 1.54) is 18.5 Å². The van der Waals surface area contributed by atoms with Gasteiger partial charge in [0.1, 0.15) is 18.2 Å². The van der Waals surface area contributed by atoms with Crippen LogP contribution in [0.4, 0.5) is 16.0 Å². The normalized spacial score (nSPS) is 15.9. The van der Waals surface area contributed by atoms with Crippen LogP contribution >= 0.6 is 0 Å². The Balaban J connectivity index is 1.79. The second-order valence-corrected chi connectivity index (χ2v) is 6.42. The van der Waals surface area contributed by atoms with E-state index in [0.29, 0.717) is 22.8 Å². The summed E-state index contributed by atoms with van der Waals surface area (Å²) < 4.78 is 15.5. The molecule has 2 N–H and O–H groups in total. The van der Waals surface area contributed by atoms with Crippen molar-refractivity contribution in [2.24, 2.45) is 0 Å². The number of hydrogen-bond acceptors (Lipinski definition) is 4.